The number of hydrogen-bond donors (Lipinski definition) is 2. The monoisotopic (exact) mass is 335 g/mol. The van der Waals surface area contributed by atoms with Crippen LogP contribution >= 0.6 is 11.3 Å². The average molecular weight is 335 g/mol. The summed E-state index contributed by atoms with van der Waals surface area (Å²) in [7, 11) is 0. The lowest BCUT2D eigenvalue weighted by molar-refractivity contribution is 0.0935. The Labute approximate surface area is 133 Å². The summed E-state index contributed by atoms with van der Waals surface area (Å²) in [5.74, 6) is -1.82. The number of halogens is 2. The maximum atomic E-state index is 13.2. The molecule has 0 saturated heterocycles. The average Bonchev–Trinajstić information content (AvgIpc) is 3.20. The van der Waals surface area contributed by atoms with Crippen molar-refractivity contribution in [3.63, 3.8) is 0 Å². The minimum atomic E-state index is -0.954. The van der Waals surface area contributed by atoms with E-state index < -0.39 is 23.6 Å². The molecule has 3 rings (SSSR count). The number of nitrogens with one attached hydrogen (secondary N) is 2. The molecule has 0 aliphatic rings. The molecule has 23 heavy (non-hydrogen) atoms. The standard InChI is InChI=1S/C14H11F2N5OS/c1-7(8-2-3-9(15)10(16)4-8)19-13(22)11-5-23-14(20-11)12-17-6-18-21-12/h2-7H,1H3,(H,19,22)(H,17,18,21). The van der Waals surface area contributed by atoms with Gasteiger partial charge in [0.15, 0.2) is 22.5 Å². The van der Waals surface area contributed by atoms with E-state index in [-0.39, 0.29) is 5.69 Å². The number of rotatable bonds is 4. The Kier molecular flexibility index (Phi) is 4.11. The molecule has 2 heterocycles. The number of carbonyl (C=O) groups excluding carboxylic acids is 1. The van der Waals surface area contributed by atoms with Gasteiger partial charge in [-0.25, -0.2) is 18.7 Å². The van der Waals surface area contributed by atoms with E-state index in [1.54, 1.807) is 12.3 Å². The molecular weight excluding hydrogens is 324 g/mol. The molecule has 0 aliphatic carbocycles. The van der Waals surface area contributed by atoms with E-state index in [2.05, 4.69) is 25.5 Å². The number of thiazole rings is 1. The first-order valence-corrected chi connectivity index (χ1v) is 7.49. The largest absolute Gasteiger partial charge is 0.344 e. The van der Waals surface area contributed by atoms with E-state index in [1.807, 2.05) is 0 Å². The minimum absolute atomic E-state index is 0.218. The van der Waals surface area contributed by atoms with Gasteiger partial charge in [-0.2, -0.15) is 5.10 Å². The van der Waals surface area contributed by atoms with Gasteiger partial charge in [0.25, 0.3) is 5.91 Å². The van der Waals surface area contributed by atoms with Crippen LogP contribution in [0.1, 0.15) is 29.0 Å². The number of carbonyl (C=O) groups is 1. The molecule has 1 unspecified atom stereocenters. The number of aromatic nitrogens is 4. The third-order valence-electron chi connectivity index (χ3n) is 3.15. The first kappa shape index (κ1) is 15.2. The molecule has 1 amide bonds. The van der Waals surface area contributed by atoms with Crippen molar-refractivity contribution in [1.82, 2.24) is 25.5 Å². The number of hydrogen-bond acceptors (Lipinski definition) is 5. The first-order valence-electron chi connectivity index (χ1n) is 6.61. The Morgan fingerprint density at radius 1 is 1.35 bits per heavy atom. The third kappa shape index (κ3) is 3.24. The minimum Gasteiger partial charge on any atom is -0.344 e. The fourth-order valence-electron chi connectivity index (χ4n) is 1.93. The van der Waals surface area contributed by atoms with Crippen molar-refractivity contribution in [1.29, 1.82) is 0 Å². The molecule has 9 heteroatoms. The highest BCUT2D eigenvalue weighted by molar-refractivity contribution is 7.13. The summed E-state index contributed by atoms with van der Waals surface area (Å²) in [6.07, 6.45) is 1.35. The van der Waals surface area contributed by atoms with Gasteiger partial charge in [-0.15, -0.1) is 11.3 Å². The van der Waals surface area contributed by atoms with Gasteiger partial charge in [-0.1, -0.05) is 6.07 Å². The molecule has 3 aromatic rings. The van der Waals surface area contributed by atoms with E-state index >= 15 is 0 Å². The SMILES string of the molecule is CC(NC(=O)c1csc(-c2ncn[nH]2)n1)c1ccc(F)c(F)c1. The van der Waals surface area contributed by atoms with E-state index in [9.17, 15) is 13.6 Å². The Hall–Kier alpha value is -2.68. The molecule has 118 valence electrons. The molecular formula is C14H11F2N5OS. The maximum Gasteiger partial charge on any atom is 0.271 e. The molecule has 2 N–H and O–H groups in total. The van der Waals surface area contributed by atoms with Crippen molar-refractivity contribution in [3.8, 4) is 10.8 Å². The molecule has 2 aromatic heterocycles. The van der Waals surface area contributed by atoms with Crippen LogP contribution in [0.2, 0.25) is 0 Å². The van der Waals surface area contributed by atoms with Gasteiger partial charge in [0.2, 0.25) is 0 Å². The number of nitrogens with zero attached hydrogens (tertiary/aromatic N) is 3. The summed E-state index contributed by atoms with van der Waals surface area (Å²) < 4.78 is 26.2. The quantitative estimate of drug-likeness (QED) is 0.768. The Balaban J connectivity index is 1.72. The smallest absolute Gasteiger partial charge is 0.271 e. The van der Waals surface area contributed by atoms with E-state index in [0.29, 0.717) is 16.4 Å². The Morgan fingerprint density at radius 2 is 2.17 bits per heavy atom. The molecule has 0 bridgehead atoms. The van der Waals surface area contributed by atoms with Gasteiger partial charge in [-0.3, -0.25) is 9.89 Å². The van der Waals surface area contributed by atoms with E-state index in [0.717, 1.165) is 12.1 Å². The van der Waals surface area contributed by atoms with Gasteiger partial charge in [-0.05, 0) is 24.6 Å². The van der Waals surface area contributed by atoms with Crippen LogP contribution in [0.3, 0.4) is 0 Å². The zero-order valence-corrected chi connectivity index (χ0v) is 12.7. The number of benzene rings is 1. The lowest BCUT2D eigenvalue weighted by atomic mass is 10.1. The van der Waals surface area contributed by atoms with Crippen molar-refractivity contribution in [2.75, 3.05) is 0 Å². The zero-order valence-electron chi connectivity index (χ0n) is 11.9. The molecule has 0 aliphatic heterocycles. The second kappa shape index (κ2) is 6.21. The lowest BCUT2D eigenvalue weighted by Gasteiger charge is -2.13. The Bertz CT molecular complexity index is 834. The van der Waals surface area contributed by atoms with Crippen LogP contribution in [0.15, 0.2) is 29.9 Å². The number of aromatic amines is 1. The van der Waals surface area contributed by atoms with Crippen LogP contribution in [0, 0.1) is 11.6 Å². The summed E-state index contributed by atoms with van der Waals surface area (Å²) in [5, 5.41) is 11.2. The fraction of sp³-hybridized carbons (Fsp3) is 0.143. The van der Waals surface area contributed by atoms with Gasteiger partial charge in [0.05, 0.1) is 6.04 Å². The van der Waals surface area contributed by atoms with Gasteiger partial charge >= 0.3 is 0 Å². The topological polar surface area (TPSA) is 83.6 Å². The number of H-pyrrole nitrogens is 1. The highest BCUT2D eigenvalue weighted by Gasteiger charge is 2.17. The summed E-state index contributed by atoms with van der Waals surface area (Å²) in [6.45, 7) is 1.67. The van der Waals surface area contributed by atoms with Crippen molar-refractivity contribution < 1.29 is 13.6 Å². The van der Waals surface area contributed by atoms with Gasteiger partial charge in [0.1, 0.15) is 12.0 Å². The van der Waals surface area contributed by atoms with Crippen LogP contribution in [-0.2, 0) is 0 Å². The third-order valence-corrected chi connectivity index (χ3v) is 3.99. The molecule has 0 radical (unpaired) electrons. The van der Waals surface area contributed by atoms with Crippen molar-refractivity contribution >= 4 is 17.2 Å². The van der Waals surface area contributed by atoms with Crippen LogP contribution in [0.4, 0.5) is 8.78 Å². The highest BCUT2D eigenvalue weighted by atomic mass is 32.1. The maximum absolute atomic E-state index is 13.2. The Morgan fingerprint density at radius 3 is 2.87 bits per heavy atom. The van der Waals surface area contributed by atoms with Crippen molar-refractivity contribution in [2.24, 2.45) is 0 Å². The van der Waals surface area contributed by atoms with Gasteiger partial charge < -0.3 is 5.32 Å². The van der Waals surface area contributed by atoms with E-state index in [4.69, 9.17) is 0 Å². The second-order valence-corrected chi connectivity index (χ2v) is 5.60. The number of amides is 1. The van der Waals surface area contributed by atoms with Crippen LogP contribution in [0.25, 0.3) is 10.8 Å². The molecule has 0 spiro atoms. The van der Waals surface area contributed by atoms with Crippen molar-refractivity contribution in [3.05, 3.63) is 52.8 Å². The summed E-state index contributed by atoms with van der Waals surface area (Å²) in [5.41, 5.74) is 0.679. The molecule has 0 fully saturated rings. The summed E-state index contributed by atoms with van der Waals surface area (Å²) in [6, 6.07) is 3.01. The fourth-order valence-corrected chi connectivity index (χ4v) is 2.67. The molecule has 1 aromatic carbocycles. The van der Waals surface area contributed by atoms with Crippen LogP contribution in [-0.4, -0.2) is 26.1 Å². The second-order valence-electron chi connectivity index (χ2n) is 4.74. The summed E-state index contributed by atoms with van der Waals surface area (Å²) >= 11 is 1.25. The van der Waals surface area contributed by atoms with Crippen LogP contribution < -0.4 is 5.32 Å². The summed E-state index contributed by atoms with van der Waals surface area (Å²) in [4.78, 5) is 20.3. The van der Waals surface area contributed by atoms with E-state index in [1.165, 1.54) is 23.7 Å². The van der Waals surface area contributed by atoms with Gasteiger partial charge in [0, 0.05) is 5.38 Å². The van der Waals surface area contributed by atoms with Crippen LogP contribution in [0.5, 0.6) is 0 Å². The molecule has 1 atom stereocenters. The van der Waals surface area contributed by atoms with Crippen molar-refractivity contribution in [2.45, 2.75) is 13.0 Å². The molecule has 0 saturated carbocycles. The lowest BCUT2D eigenvalue weighted by Crippen LogP contribution is -2.27. The highest BCUT2D eigenvalue weighted by Crippen LogP contribution is 2.21. The first-order chi connectivity index (χ1) is 11.0. The predicted octanol–water partition coefficient (Wildman–Crippen LogP) is 2.70. The predicted molar refractivity (Wildman–Crippen MR) is 79.7 cm³/mol. The molecule has 6 nitrogen and oxygen atoms in total. The normalized spacial score (nSPS) is 12.1. The zero-order chi connectivity index (χ0) is 16.4.